The summed E-state index contributed by atoms with van der Waals surface area (Å²) in [6.07, 6.45) is 1.11. The molecule has 0 saturated carbocycles. The van der Waals surface area contributed by atoms with E-state index in [0.29, 0.717) is 0 Å². The van der Waals surface area contributed by atoms with Crippen LogP contribution < -0.4 is 0 Å². The molecule has 144 valence electrons. The van der Waals surface area contributed by atoms with Gasteiger partial charge < -0.3 is 0 Å². The SMILES string of the molecule is Cc1ccc(-c2ccc(C)cc2)cc1.Cc1ccc2c(c1)Cc1cc(C)ccc1-2. The second kappa shape index (κ2) is 8.09. The summed E-state index contributed by atoms with van der Waals surface area (Å²) in [6.45, 7) is 8.54. The molecule has 5 rings (SSSR count). The van der Waals surface area contributed by atoms with Crippen LogP contribution in [0.2, 0.25) is 0 Å². The third kappa shape index (κ3) is 4.32. The summed E-state index contributed by atoms with van der Waals surface area (Å²) < 4.78 is 0. The molecule has 0 heteroatoms. The third-order valence-electron chi connectivity index (χ3n) is 5.63. The van der Waals surface area contributed by atoms with Gasteiger partial charge in [-0.15, -0.1) is 0 Å². The molecule has 0 nitrogen and oxygen atoms in total. The van der Waals surface area contributed by atoms with Crippen molar-refractivity contribution in [2.75, 3.05) is 0 Å². The molecule has 0 aliphatic heterocycles. The largest absolute Gasteiger partial charge is 0.0587 e. The van der Waals surface area contributed by atoms with Crippen molar-refractivity contribution in [2.24, 2.45) is 0 Å². The number of benzene rings is 4. The Labute approximate surface area is 174 Å². The first-order valence-electron chi connectivity index (χ1n) is 10.3. The van der Waals surface area contributed by atoms with Crippen LogP contribution in [0.25, 0.3) is 22.3 Å². The predicted octanol–water partition coefficient (Wildman–Crippen LogP) is 7.85. The number of hydrogen-bond donors (Lipinski definition) is 0. The Hall–Kier alpha value is -3.12. The van der Waals surface area contributed by atoms with E-state index >= 15 is 0 Å². The normalized spacial score (nSPS) is 11.3. The minimum atomic E-state index is 1.11. The molecule has 0 aromatic heterocycles. The van der Waals surface area contributed by atoms with Crippen LogP contribution in [0.4, 0.5) is 0 Å². The summed E-state index contributed by atoms with van der Waals surface area (Å²) in [5.41, 5.74) is 13.7. The van der Waals surface area contributed by atoms with Crippen molar-refractivity contribution >= 4 is 0 Å². The van der Waals surface area contributed by atoms with Gasteiger partial charge in [-0.05, 0) is 67.5 Å². The number of rotatable bonds is 1. The molecular formula is C29H28. The first-order valence-corrected chi connectivity index (χ1v) is 10.3. The van der Waals surface area contributed by atoms with Crippen LogP contribution in [0.5, 0.6) is 0 Å². The van der Waals surface area contributed by atoms with Gasteiger partial charge in [0.2, 0.25) is 0 Å². The number of fused-ring (bicyclic) bond motifs is 3. The van der Waals surface area contributed by atoms with Crippen molar-refractivity contribution in [3.8, 4) is 22.3 Å². The van der Waals surface area contributed by atoms with Crippen LogP contribution in [0.15, 0.2) is 84.9 Å². The van der Waals surface area contributed by atoms with Gasteiger partial charge in [-0.25, -0.2) is 0 Å². The highest BCUT2D eigenvalue weighted by Crippen LogP contribution is 2.37. The topological polar surface area (TPSA) is 0 Å². The van der Waals surface area contributed by atoms with Crippen LogP contribution in [0.3, 0.4) is 0 Å². The van der Waals surface area contributed by atoms with Crippen LogP contribution in [0.1, 0.15) is 33.4 Å². The fourth-order valence-corrected chi connectivity index (χ4v) is 3.96. The third-order valence-corrected chi connectivity index (χ3v) is 5.63. The molecule has 1 aliphatic carbocycles. The van der Waals surface area contributed by atoms with E-state index in [1.165, 1.54) is 55.6 Å². The fraction of sp³-hybridized carbons (Fsp3) is 0.172. The summed E-state index contributed by atoms with van der Waals surface area (Å²) in [4.78, 5) is 0. The lowest BCUT2D eigenvalue weighted by molar-refractivity contribution is 1.24. The van der Waals surface area contributed by atoms with Gasteiger partial charge >= 0.3 is 0 Å². The van der Waals surface area contributed by atoms with Crippen LogP contribution in [0, 0.1) is 27.7 Å². The van der Waals surface area contributed by atoms with E-state index in [2.05, 4.69) is 113 Å². The van der Waals surface area contributed by atoms with Gasteiger partial charge in [0.25, 0.3) is 0 Å². The zero-order valence-electron chi connectivity index (χ0n) is 17.8. The molecule has 29 heavy (non-hydrogen) atoms. The molecule has 0 bridgehead atoms. The molecule has 0 atom stereocenters. The Bertz CT molecular complexity index is 1040. The van der Waals surface area contributed by atoms with E-state index in [9.17, 15) is 0 Å². The van der Waals surface area contributed by atoms with Gasteiger partial charge in [0.05, 0.1) is 0 Å². The first kappa shape index (κ1) is 19.2. The molecule has 0 heterocycles. The average Bonchev–Trinajstić information content (AvgIpc) is 3.06. The zero-order chi connectivity index (χ0) is 20.4. The van der Waals surface area contributed by atoms with Gasteiger partial charge in [-0.2, -0.15) is 0 Å². The van der Waals surface area contributed by atoms with Crippen LogP contribution in [-0.4, -0.2) is 0 Å². The lowest BCUT2D eigenvalue weighted by Crippen LogP contribution is -1.81. The standard InChI is InChI=1S/C15H14.C14H14/c1-10-3-5-14-12(7-10)9-13-8-11(2)4-6-15(13)14;1-11-3-7-13(8-4-11)14-9-5-12(2)6-10-14/h3-8H,9H2,1-2H3;3-10H,1-2H3. The van der Waals surface area contributed by atoms with Gasteiger partial charge in [-0.1, -0.05) is 107 Å². The van der Waals surface area contributed by atoms with Crippen molar-refractivity contribution in [3.05, 3.63) is 118 Å². The maximum absolute atomic E-state index is 2.31. The van der Waals surface area contributed by atoms with Gasteiger partial charge in [0.15, 0.2) is 0 Å². The van der Waals surface area contributed by atoms with Crippen molar-refractivity contribution in [2.45, 2.75) is 34.1 Å². The van der Waals surface area contributed by atoms with Gasteiger partial charge in [-0.3, -0.25) is 0 Å². The Balaban J connectivity index is 0.000000142. The summed E-state index contributed by atoms with van der Waals surface area (Å²) in [5.74, 6) is 0. The molecule has 0 saturated heterocycles. The van der Waals surface area contributed by atoms with E-state index in [-0.39, 0.29) is 0 Å². The van der Waals surface area contributed by atoms with Crippen molar-refractivity contribution < 1.29 is 0 Å². The molecule has 0 fully saturated rings. The maximum atomic E-state index is 2.31. The zero-order valence-corrected chi connectivity index (χ0v) is 17.8. The second-order valence-corrected chi connectivity index (χ2v) is 8.23. The number of aryl methyl sites for hydroxylation is 4. The Morgan fingerprint density at radius 3 is 1.14 bits per heavy atom. The highest BCUT2D eigenvalue weighted by molar-refractivity contribution is 5.77. The monoisotopic (exact) mass is 376 g/mol. The minimum absolute atomic E-state index is 1.11. The molecule has 0 amide bonds. The smallest absolute Gasteiger partial charge is 0.00133 e. The molecule has 0 radical (unpaired) electrons. The average molecular weight is 377 g/mol. The molecular weight excluding hydrogens is 348 g/mol. The molecule has 0 unspecified atom stereocenters. The molecule has 4 aromatic rings. The van der Waals surface area contributed by atoms with Crippen molar-refractivity contribution in [3.63, 3.8) is 0 Å². The molecule has 0 spiro atoms. The van der Waals surface area contributed by atoms with Crippen molar-refractivity contribution in [1.82, 2.24) is 0 Å². The summed E-state index contributed by atoms with van der Waals surface area (Å²) >= 11 is 0. The Morgan fingerprint density at radius 2 is 0.759 bits per heavy atom. The summed E-state index contributed by atoms with van der Waals surface area (Å²) in [5, 5.41) is 0. The van der Waals surface area contributed by atoms with E-state index in [1.54, 1.807) is 0 Å². The minimum Gasteiger partial charge on any atom is -0.0587 e. The van der Waals surface area contributed by atoms with E-state index in [1.807, 2.05) is 0 Å². The quantitative estimate of drug-likeness (QED) is 0.279. The van der Waals surface area contributed by atoms with E-state index in [4.69, 9.17) is 0 Å². The maximum Gasteiger partial charge on any atom is -0.00133 e. The predicted molar refractivity (Wildman–Crippen MR) is 126 cm³/mol. The van der Waals surface area contributed by atoms with Crippen LogP contribution >= 0.6 is 0 Å². The highest BCUT2D eigenvalue weighted by Gasteiger charge is 2.17. The second-order valence-electron chi connectivity index (χ2n) is 8.23. The fourth-order valence-electron chi connectivity index (χ4n) is 3.96. The van der Waals surface area contributed by atoms with E-state index in [0.717, 1.165) is 6.42 Å². The lowest BCUT2D eigenvalue weighted by atomic mass is 10.0. The number of hydrogen-bond acceptors (Lipinski definition) is 0. The summed E-state index contributed by atoms with van der Waals surface area (Å²) in [7, 11) is 0. The lowest BCUT2D eigenvalue weighted by Gasteiger charge is -2.02. The Kier molecular flexibility index (Phi) is 5.36. The van der Waals surface area contributed by atoms with Gasteiger partial charge in [0.1, 0.15) is 0 Å². The van der Waals surface area contributed by atoms with Gasteiger partial charge in [0, 0.05) is 0 Å². The Morgan fingerprint density at radius 1 is 0.414 bits per heavy atom. The molecule has 0 N–H and O–H groups in total. The first-order chi connectivity index (χ1) is 14.0. The summed E-state index contributed by atoms with van der Waals surface area (Å²) in [6, 6.07) is 30.8. The molecule has 4 aromatic carbocycles. The van der Waals surface area contributed by atoms with Crippen molar-refractivity contribution in [1.29, 1.82) is 0 Å². The van der Waals surface area contributed by atoms with E-state index < -0.39 is 0 Å². The highest BCUT2D eigenvalue weighted by atomic mass is 14.2. The van der Waals surface area contributed by atoms with Crippen LogP contribution in [-0.2, 0) is 6.42 Å². The molecule has 1 aliphatic rings.